The average Bonchev–Trinajstić information content (AvgIpc) is 2.37. The molecule has 100 valence electrons. The second-order valence-corrected chi connectivity index (χ2v) is 4.47. The van der Waals surface area contributed by atoms with Crippen LogP contribution in [-0.4, -0.2) is 38.0 Å². The Morgan fingerprint density at radius 1 is 1.39 bits per heavy atom. The van der Waals surface area contributed by atoms with E-state index >= 15 is 0 Å². The first-order valence-corrected chi connectivity index (χ1v) is 6.37. The number of carbonyl (C=O) groups is 1. The first-order valence-electron chi connectivity index (χ1n) is 6.37. The van der Waals surface area contributed by atoms with Crippen LogP contribution < -0.4 is 11.1 Å². The molecule has 1 aromatic carbocycles. The molecule has 0 saturated heterocycles. The number of amides is 1. The molecule has 0 saturated carbocycles. The molecule has 0 aliphatic carbocycles. The third-order valence-corrected chi connectivity index (χ3v) is 3.01. The van der Waals surface area contributed by atoms with Crippen molar-refractivity contribution in [1.82, 2.24) is 10.2 Å². The van der Waals surface area contributed by atoms with E-state index in [0.29, 0.717) is 12.8 Å². The fourth-order valence-electron chi connectivity index (χ4n) is 1.81. The van der Waals surface area contributed by atoms with Gasteiger partial charge in [0, 0.05) is 25.7 Å². The summed E-state index contributed by atoms with van der Waals surface area (Å²) in [5, 5.41) is 3.07. The minimum atomic E-state index is 0.175. The summed E-state index contributed by atoms with van der Waals surface area (Å²) in [6, 6.07) is 7.71. The summed E-state index contributed by atoms with van der Waals surface area (Å²) >= 11 is 0. The molecule has 0 aliphatic heterocycles. The molecular formula is C14H23N3O. The van der Waals surface area contributed by atoms with Crippen molar-refractivity contribution in [3.63, 3.8) is 0 Å². The van der Waals surface area contributed by atoms with Crippen molar-refractivity contribution in [2.24, 2.45) is 0 Å². The van der Waals surface area contributed by atoms with Gasteiger partial charge in [0.25, 0.3) is 0 Å². The molecule has 0 aliphatic rings. The van der Waals surface area contributed by atoms with Crippen LogP contribution in [0.15, 0.2) is 24.3 Å². The molecule has 0 radical (unpaired) electrons. The standard InChI is InChI=1S/C14H23N3O/c1-16-10-5-11-17(2)14(18)9-8-12-6-3-4-7-13(12)15/h3-4,6-7,16H,5,8-11,15H2,1-2H3. The van der Waals surface area contributed by atoms with E-state index < -0.39 is 0 Å². The van der Waals surface area contributed by atoms with Crippen LogP contribution in [-0.2, 0) is 11.2 Å². The zero-order valence-electron chi connectivity index (χ0n) is 11.3. The number of nitrogen functional groups attached to an aromatic ring is 1. The van der Waals surface area contributed by atoms with Crippen LogP contribution in [0.2, 0.25) is 0 Å². The summed E-state index contributed by atoms with van der Waals surface area (Å²) in [5.74, 6) is 0.175. The number of aryl methyl sites for hydroxylation is 1. The molecule has 0 unspecified atom stereocenters. The van der Waals surface area contributed by atoms with Gasteiger partial charge in [0.2, 0.25) is 5.91 Å². The summed E-state index contributed by atoms with van der Waals surface area (Å²) in [7, 11) is 3.77. The van der Waals surface area contributed by atoms with Gasteiger partial charge < -0.3 is 16.0 Å². The lowest BCUT2D eigenvalue weighted by Crippen LogP contribution is -2.29. The Morgan fingerprint density at radius 2 is 2.11 bits per heavy atom. The normalized spacial score (nSPS) is 10.3. The molecule has 4 heteroatoms. The summed E-state index contributed by atoms with van der Waals surface area (Å²) in [5.41, 5.74) is 7.67. The predicted octanol–water partition coefficient (Wildman–Crippen LogP) is 1.27. The number of para-hydroxylation sites is 1. The second kappa shape index (κ2) is 7.71. The van der Waals surface area contributed by atoms with Gasteiger partial charge in [-0.1, -0.05) is 18.2 Å². The minimum Gasteiger partial charge on any atom is -0.399 e. The maximum Gasteiger partial charge on any atom is 0.222 e. The Kier molecular flexibility index (Phi) is 6.22. The number of rotatable bonds is 7. The highest BCUT2D eigenvalue weighted by molar-refractivity contribution is 5.76. The molecule has 0 spiro atoms. The van der Waals surface area contributed by atoms with Crippen molar-refractivity contribution in [1.29, 1.82) is 0 Å². The molecule has 1 aromatic rings. The number of carbonyl (C=O) groups excluding carboxylic acids is 1. The number of nitrogens with zero attached hydrogens (tertiary/aromatic N) is 1. The molecule has 0 heterocycles. The largest absolute Gasteiger partial charge is 0.399 e. The predicted molar refractivity (Wildman–Crippen MR) is 75.4 cm³/mol. The zero-order valence-corrected chi connectivity index (χ0v) is 11.3. The minimum absolute atomic E-state index is 0.175. The Hall–Kier alpha value is -1.55. The van der Waals surface area contributed by atoms with E-state index in [9.17, 15) is 4.79 Å². The smallest absolute Gasteiger partial charge is 0.222 e. The van der Waals surface area contributed by atoms with E-state index in [1.165, 1.54) is 0 Å². The van der Waals surface area contributed by atoms with Gasteiger partial charge in [0.1, 0.15) is 0 Å². The fraction of sp³-hybridized carbons (Fsp3) is 0.500. The summed E-state index contributed by atoms with van der Waals surface area (Å²) in [6.45, 7) is 1.73. The molecule has 3 N–H and O–H groups in total. The average molecular weight is 249 g/mol. The lowest BCUT2D eigenvalue weighted by Gasteiger charge is -2.17. The molecule has 0 atom stereocenters. The Labute approximate surface area is 109 Å². The molecule has 1 rings (SSSR count). The number of benzene rings is 1. The van der Waals surface area contributed by atoms with Crippen molar-refractivity contribution in [2.45, 2.75) is 19.3 Å². The van der Waals surface area contributed by atoms with Crippen LogP contribution in [0, 0.1) is 0 Å². The molecule has 0 fully saturated rings. The molecular weight excluding hydrogens is 226 g/mol. The molecule has 0 aromatic heterocycles. The van der Waals surface area contributed by atoms with Crippen molar-refractivity contribution in [3.8, 4) is 0 Å². The van der Waals surface area contributed by atoms with Crippen LogP contribution in [0.4, 0.5) is 5.69 Å². The van der Waals surface area contributed by atoms with Crippen LogP contribution in [0.5, 0.6) is 0 Å². The van der Waals surface area contributed by atoms with E-state index in [1.54, 1.807) is 4.90 Å². The van der Waals surface area contributed by atoms with Crippen LogP contribution in [0.25, 0.3) is 0 Å². The molecule has 18 heavy (non-hydrogen) atoms. The van der Waals surface area contributed by atoms with E-state index in [-0.39, 0.29) is 5.91 Å². The maximum atomic E-state index is 11.9. The van der Waals surface area contributed by atoms with E-state index in [0.717, 1.165) is 30.8 Å². The highest BCUT2D eigenvalue weighted by Crippen LogP contribution is 2.13. The number of nitrogens with one attached hydrogen (secondary N) is 1. The third-order valence-electron chi connectivity index (χ3n) is 3.01. The van der Waals surface area contributed by atoms with Crippen molar-refractivity contribution < 1.29 is 4.79 Å². The van der Waals surface area contributed by atoms with Gasteiger partial charge in [-0.05, 0) is 38.1 Å². The van der Waals surface area contributed by atoms with Crippen molar-refractivity contribution >= 4 is 11.6 Å². The van der Waals surface area contributed by atoms with Gasteiger partial charge in [-0.2, -0.15) is 0 Å². The Bertz CT molecular complexity index is 379. The number of hydrogen-bond acceptors (Lipinski definition) is 3. The molecule has 1 amide bonds. The second-order valence-electron chi connectivity index (χ2n) is 4.47. The highest BCUT2D eigenvalue weighted by Gasteiger charge is 2.09. The van der Waals surface area contributed by atoms with Gasteiger partial charge in [-0.3, -0.25) is 4.79 Å². The SMILES string of the molecule is CNCCCN(C)C(=O)CCc1ccccc1N. The van der Waals surface area contributed by atoms with Crippen molar-refractivity contribution in [3.05, 3.63) is 29.8 Å². The monoisotopic (exact) mass is 249 g/mol. The van der Waals surface area contributed by atoms with E-state index in [4.69, 9.17) is 5.73 Å². The Morgan fingerprint density at radius 3 is 2.78 bits per heavy atom. The molecule has 4 nitrogen and oxygen atoms in total. The fourth-order valence-corrected chi connectivity index (χ4v) is 1.81. The first-order chi connectivity index (χ1) is 8.65. The summed E-state index contributed by atoms with van der Waals surface area (Å²) in [4.78, 5) is 13.7. The molecule has 0 bridgehead atoms. The Balaban J connectivity index is 2.34. The van der Waals surface area contributed by atoms with Gasteiger partial charge in [0.05, 0.1) is 0 Å². The number of hydrogen-bond donors (Lipinski definition) is 2. The number of anilines is 1. The first kappa shape index (κ1) is 14.5. The van der Waals surface area contributed by atoms with Gasteiger partial charge in [-0.15, -0.1) is 0 Å². The van der Waals surface area contributed by atoms with E-state index in [1.807, 2.05) is 38.4 Å². The van der Waals surface area contributed by atoms with Crippen LogP contribution in [0.1, 0.15) is 18.4 Å². The number of nitrogens with two attached hydrogens (primary N) is 1. The quantitative estimate of drug-likeness (QED) is 0.565. The highest BCUT2D eigenvalue weighted by atomic mass is 16.2. The van der Waals surface area contributed by atoms with E-state index in [2.05, 4.69) is 5.32 Å². The zero-order chi connectivity index (χ0) is 13.4. The van der Waals surface area contributed by atoms with Crippen LogP contribution >= 0.6 is 0 Å². The summed E-state index contributed by atoms with van der Waals surface area (Å²) < 4.78 is 0. The van der Waals surface area contributed by atoms with Gasteiger partial charge >= 0.3 is 0 Å². The van der Waals surface area contributed by atoms with Crippen molar-refractivity contribution in [2.75, 3.05) is 32.9 Å². The maximum absolute atomic E-state index is 11.9. The van der Waals surface area contributed by atoms with Gasteiger partial charge in [0.15, 0.2) is 0 Å². The van der Waals surface area contributed by atoms with Gasteiger partial charge in [-0.25, -0.2) is 0 Å². The topological polar surface area (TPSA) is 58.4 Å². The lowest BCUT2D eigenvalue weighted by atomic mass is 10.1. The summed E-state index contributed by atoms with van der Waals surface area (Å²) in [6.07, 6.45) is 2.21. The van der Waals surface area contributed by atoms with Crippen LogP contribution in [0.3, 0.4) is 0 Å². The third kappa shape index (κ3) is 4.75. The lowest BCUT2D eigenvalue weighted by molar-refractivity contribution is -0.129.